The van der Waals surface area contributed by atoms with Crippen LogP contribution in [0, 0.1) is 12.8 Å². The third-order valence-electron chi connectivity index (χ3n) is 5.21. The van der Waals surface area contributed by atoms with E-state index in [1.54, 1.807) is 48.7 Å². The van der Waals surface area contributed by atoms with E-state index in [0.29, 0.717) is 29.9 Å². The summed E-state index contributed by atoms with van der Waals surface area (Å²) in [7, 11) is -3.43. The fourth-order valence-corrected chi connectivity index (χ4v) is 5.10. The van der Waals surface area contributed by atoms with Crippen LogP contribution >= 0.6 is 11.8 Å². The molecule has 2 aromatic carbocycles. The van der Waals surface area contributed by atoms with Gasteiger partial charge in [-0.25, -0.2) is 8.42 Å². The third-order valence-corrected chi connectivity index (χ3v) is 7.43. The summed E-state index contributed by atoms with van der Waals surface area (Å²) in [5.74, 6) is -0.795. The van der Waals surface area contributed by atoms with E-state index in [0.717, 1.165) is 10.6 Å². The van der Waals surface area contributed by atoms with E-state index in [-0.39, 0.29) is 24.0 Å². The zero-order chi connectivity index (χ0) is 22.6. The van der Waals surface area contributed by atoms with Crippen LogP contribution in [0.5, 0.6) is 0 Å². The van der Waals surface area contributed by atoms with Crippen molar-refractivity contribution in [3.05, 3.63) is 48.0 Å². The summed E-state index contributed by atoms with van der Waals surface area (Å²) in [6.45, 7) is 3.86. The highest BCUT2D eigenvalue weighted by Crippen LogP contribution is 2.29. The van der Waals surface area contributed by atoms with Crippen molar-refractivity contribution in [2.75, 3.05) is 33.5 Å². The fourth-order valence-electron chi connectivity index (χ4n) is 3.50. The molecule has 2 aromatic rings. The molecule has 2 amide bonds. The van der Waals surface area contributed by atoms with Crippen LogP contribution in [0.15, 0.2) is 47.4 Å². The number of carbonyl (C=O) groups is 2. The van der Waals surface area contributed by atoms with Crippen molar-refractivity contribution in [3.8, 4) is 0 Å². The standard InChI is InChI=1S/C22H27N3O4S2/c1-4-12-31(28,29)24-20-7-5-6-19(15(20)2)23-22(27)16-13-21(26)25(14-16)17-8-10-18(30-3)11-9-17/h5-11,16,24H,4,12-14H2,1-3H3,(H,23,27). The van der Waals surface area contributed by atoms with E-state index < -0.39 is 15.9 Å². The first kappa shape index (κ1) is 23.1. The minimum Gasteiger partial charge on any atom is -0.325 e. The number of sulfonamides is 1. The average Bonchev–Trinajstić information content (AvgIpc) is 3.12. The molecule has 9 heteroatoms. The van der Waals surface area contributed by atoms with Gasteiger partial charge in [-0.2, -0.15) is 0 Å². The lowest BCUT2D eigenvalue weighted by Crippen LogP contribution is -2.28. The molecule has 0 aliphatic carbocycles. The van der Waals surface area contributed by atoms with Gasteiger partial charge in [-0.3, -0.25) is 14.3 Å². The topological polar surface area (TPSA) is 95.6 Å². The van der Waals surface area contributed by atoms with Gasteiger partial charge in [-0.1, -0.05) is 13.0 Å². The summed E-state index contributed by atoms with van der Waals surface area (Å²) in [5, 5.41) is 2.87. The molecular formula is C22H27N3O4S2. The number of benzene rings is 2. The Hall–Kier alpha value is -2.52. The number of rotatable bonds is 8. The molecule has 7 nitrogen and oxygen atoms in total. The van der Waals surface area contributed by atoms with E-state index in [2.05, 4.69) is 10.0 Å². The minimum absolute atomic E-state index is 0.0287. The van der Waals surface area contributed by atoms with Crippen LogP contribution in [-0.2, 0) is 19.6 Å². The number of nitrogens with zero attached hydrogens (tertiary/aromatic N) is 1. The Morgan fingerprint density at radius 2 is 1.84 bits per heavy atom. The average molecular weight is 462 g/mol. The highest BCUT2D eigenvalue weighted by molar-refractivity contribution is 7.98. The molecule has 0 aromatic heterocycles. The largest absolute Gasteiger partial charge is 0.325 e. The minimum atomic E-state index is -3.43. The predicted octanol–water partition coefficient (Wildman–Crippen LogP) is 3.86. The van der Waals surface area contributed by atoms with E-state index in [9.17, 15) is 18.0 Å². The van der Waals surface area contributed by atoms with Gasteiger partial charge in [0.25, 0.3) is 0 Å². The second-order valence-corrected chi connectivity index (χ2v) is 10.2. The van der Waals surface area contributed by atoms with E-state index in [1.165, 1.54) is 0 Å². The molecule has 1 fully saturated rings. The molecule has 3 rings (SSSR count). The van der Waals surface area contributed by atoms with Crippen molar-refractivity contribution in [2.24, 2.45) is 5.92 Å². The first-order chi connectivity index (χ1) is 14.7. The zero-order valence-electron chi connectivity index (χ0n) is 17.8. The van der Waals surface area contributed by atoms with Crippen LogP contribution in [0.25, 0.3) is 0 Å². The smallest absolute Gasteiger partial charge is 0.232 e. The molecule has 1 saturated heterocycles. The number of hydrogen-bond donors (Lipinski definition) is 2. The van der Waals surface area contributed by atoms with Crippen molar-refractivity contribution < 1.29 is 18.0 Å². The van der Waals surface area contributed by atoms with Crippen LogP contribution in [0.4, 0.5) is 17.1 Å². The molecule has 1 aliphatic rings. The first-order valence-electron chi connectivity index (χ1n) is 10.1. The van der Waals surface area contributed by atoms with Crippen molar-refractivity contribution >= 4 is 50.7 Å². The second-order valence-electron chi connectivity index (χ2n) is 7.49. The Bertz CT molecular complexity index is 1070. The molecule has 1 heterocycles. The molecule has 1 unspecified atom stereocenters. The van der Waals surface area contributed by atoms with E-state index in [4.69, 9.17) is 0 Å². The molecule has 31 heavy (non-hydrogen) atoms. The number of nitrogens with one attached hydrogen (secondary N) is 2. The maximum atomic E-state index is 12.9. The summed E-state index contributed by atoms with van der Waals surface area (Å²) in [6.07, 6.45) is 2.64. The van der Waals surface area contributed by atoms with Gasteiger partial charge in [0, 0.05) is 29.2 Å². The zero-order valence-corrected chi connectivity index (χ0v) is 19.5. The predicted molar refractivity (Wildman–Crippen MR) is 126 cm³/mol. The molecule has 0 spiro atoms. The Balaban J connectivity index is 1.70. The van der Waals surface area contributed by atoms with E-state index in [1.807, 2.05) is 30.5 Å². The summed E-state index contributed by atoms with van der Waals surface area (Å²) < 4.78 is 26.8. The highest BCUT2D eigenvalue weighted by atomic mass is 32.2. The van der Waals surface area contributed by atoms with Crippen molar-refractivity contribution in [3.63, 3.8) is 0 Å². The summed E-state index contributed by atoms with van der Waals surface area (Å²) in [5.41, 5.74) is 2.37. The summed E-state index contributed by atoms with van der Waals surface area (Å²) in [6, 6.07) is 12.8. The maximum absolute atomic E-state index is 12.9. The monoisotopic (exact) mass is 461 g/mol. The Morgan fingerprint density at radius 3 is 2.48 bits per heavy atom. The third kappa shape index (κ3) is 5.59. The number of amides is 2. The molecule has 0 saturated carbocycles. The quantitative estimate of drug-likeness (QED) is 0.582. The lowest BCUT2D eigenvalue weighted by Gasteiger charge is -2.18. The van der Waals surface area contributed by atoms with Crippen LogP contribution in [0.1, 0.15) is 25.3 Å². The molecule has 0 bridgehead atoms. The Morgan fingerprint density at radius 1 is 1.16 bits per heavy atom. The van der Waals surface area contributed by atoms with Gasteiger partial charge in [-0.15, -0.1) is 11.8 Å². The summed E-state index contributed by atoms with van der Waals surface area (Å²) in [4.78, 5) is 28.1. The lowest BCUT2D eigenvalue weighted by molar-refractivity contribution is -0.122. The van der Waals surface area contributed by atoms with Gasteiger partial charge in [0.2, 0.25) is 21.8 Å². The van der Waals surface area contributed by atoms with Crippen LogP contribution < -0.4 is 14.9 Å². The second kappa shape index (κ2) is 9.74. The molecule has 0 radical (unpaired) electrons. The van der Waals surface area contributed by atoms with Crippen LogP contribution in [0.3, 0.4) is 0 Å². The normalized spacial score (nSPS) is 16.4. The van der Waals surface area contributed by atoms with Crippen LogP contribution in [0.2, 0.25) is 0 Å². The number of carbonyl (C=O) groups excluding carboxylic acids is 2. The van der Waals surface area contributed by atoms with Crippen molar-refractivity contribution in [2.45, 2.75) is 31.6 Å². The number of anilines is 3. The fraction of sp³-hybridized carbons (Fsp3) is 0.364. The maximum Gasteiger partial charge on any atom is 0.232 e. The van der Waals surface area contributed by atoms with Crippen molar-refractivity contribution in [1.29, 1.82) is 0 Å². The van der Waals surface area contributed by atoms with Gasteiger partial charge in [0.05, 0.1) is 17.4 Å². The van der Waals surface area contributed by atoms with Gasteiger partial charge in [0.15, 0.2) is 0 Å². The highest BCUT2D eigenvalue weighted by Gasteiger charge is 2.35. The molecule has 166 valence electrons. The van der Waals surface area contributed by atoms with Gasteiger partial charge in [-0.05, 0) is 61.6 Å². The Labute approximate surface area is 187 Å². The van der Waals surface area contributed by atoms with Crippen LogP contribution in [-0.4, -0.2) is 38.8 Å². The first-order valence-corrected chi connectivity index (χ1v) is 13.0. The lowest BCUT2D eigenvalue weighted by atomic mass is 10.1. The Kier molecular flexibility index (Phi) is 7.27. The summed E-state index contributed by atoms with van der Waals surface area (Å²) >= 11 is 1.63. The van der Waals surface area contributed by atoms with Gasteiger partial charge >= 0.3 is 0 Å². The van der Waals surface area contributed by atoms with E-state index >= 15 is 0 Å². The molecular weight excluding hydrogens is 434 g/mol. The van der Waals surface area contributed by atoms with Gasteiger partial charge < -0.3 is 10.2 Å². The number of thioether (sulfide) groups is 1. The molecule has 2 N–H and O–H groups in total. The van der Waals surface area contributed by atoms with Gasteiger partial charge in [0.1, 0.15) is 0 Å². The van der Waals surface area contributed by atoms with Crippen molar-refractivity contribution in [1.82, 2.24) is 0 Å². The number of hydrogen-bond acceptors (Lipinski definition) is 5. The SMILES string of the molecule is CCCS(=O)(=O)Nc1cccc(NC(=O)C2CC(=O)N(c3ccc(SC)cc3)C2)c1C. The molecule has 1 atom stereocenters. The molecule has 1 aliphatic heterocycles.